The monoisotopic (exact) mass is 763 g/mol. The van der Waals surface area contributed by atoms with Gasteiger partial charge in [-0.25, -0.2) is 0 Å². The van der Waals surface area contributed by atoms with Crippen molar-refractivity contribution < 1.29 is 38.3 Å². The quantitative estimate of drug-likeness (QED) is 0.0439. The van der Waals surface area contributed by atoms with E-state index >= 15 is 0 Å². The summed E-state index contributed by atoms with van der Waals surface area (Å²) in [7, 11) is 0. The number of hydrogen-bond acceptors (Lipinski definition) is 11. The fraction of sp³-hybridized carbons (Fsp3) is 0.302. The highest BCUT2D eigenvalue weighted by Crippen LogP contribution is 2.32. The minimum absolute atomic E-state index is 0.169. The Morgan fingerprint density at radius 2 is 1.07 bits per heavy atom. The van der Waals surface area contributed by atoms with Crippen molar-refractivity contribution in [2.24, 2.45) is 0 Å². The number of anilines is 1. The summed E-state index contributed by atoms with van der Waals surface area (Å²) in [6.45, 7) is 1.84. The van der Waals surface area contributed by atoms with Gasteiger partial charge in [0, 0.05) is 12.6 Å². The molecule has 0 aliphatic carbocycles. The van der Waals surface area contributed by atoms with Gasteiger partial charge in [-0.2, -0.15) is 0 Å². The van der Waals surface area contributed by atoms with Crippen LogP contribution in [-0.2, 0) is 54.8 Å². The molecule has 1 aliphatic heterocycles. The van der Waals surface area contributed by atoms with Crippen molar-refractivity contribution in [3.63, 3.8) is 0 Å². The molecule has 13 heteroatoms. The van der Waals surface area contributed by atoms with Gasteiger partial charge in [0.25, 0.3) is 11.4 Å². The lowest BCUT2D eigenvalue weighted by Gasteiger charge is -2.46. The Hall–Kier alpha value is -5.54. The molecule has 5 atom stereocenters. The van der Waals surface area contributed by atoms with Gasteiger partial charge in [-0.15, -0.1) is 0 Å². The molecule has 6 rings (SSSR count). The Balaban J connectivity index is 1.23. The highest BCUT2D eigenvalue weighted by Gasteiger charge is 2.49. The van der Waals surface area contributed by atoms with Crippen LogP contribution in [0.4, 0.5) is 17.1 Å². The van der Waals surface area contributed by atoms with Crippen molar-refractivity contribution in [3.8, 4) is 0 Å². The molecule has 5 aromatic rings. The van der Waals surface area contributed by atoms with Gasteiger partial charge in [0.1, 0.15) is 30.1 Å². The molecule has 0 bridgehead atoms. The number of nitrogens with zero attached hydrogens (tertiary/aromatic N) is 2. The van der Waals surface area contributed by atoms with Crippen LogP contribution in [0.3, 0.4) is 0 Å². The molecule has 0 unspecified atom stereocenters. The summed E-state index contributed by atoms with van der Waals surface area (Å²) in [5, 5.41) is 25.9. The third kappa shape index (κ3) is 11.7. The summed E-state index contributed by atoms with van der Waals surface area (Å²) < 4.78 is 39.5. The van der Waals surface area contributed by atoms with Crippen molar-refractivity contribution in [2.45, 2.75) is 63.6 Å². The van der Waals surface area contributed by atoms with Gasteiger partial charge in [-0.1, -0.05) is 121 Å². The molecule has 1 aliphatic rings. The zero-order chi connectivity index (χ0) is 39.0. The van der Waals surface area contributed by atoms with Gasteiger partial charge >= 0.3 is 0 Å². The fourth-order valence-corrected chi connectivity index (χ4v) is 6.31. The van der Waals surface area contributed by atoms with Crippen LogP contribution in [0.2, 0.25) is 0 Å². The van der Waals surface area contributed by atoms with Gasteiger partial charge in [-0.05, 0) is 34.7 Å². The highest BCUT2D eigenvalue weighted by molar-refractivity contribution is 5.65. The van der Waals surface area contributed by atoms with Gasteiger partial charge < -0.3 is 33.7 Å². The zero-order valence-electron chi connectivity index (χ0n) is 30.8. The van der Waals surface area contributed by atoms with E-state index in [0.29, 0.717) is 19.6 Å². The summed E-state index contributed by atoms with van der Waals surface area (Å²) in [5.41, 5.74) is 3.35. The number of hydrogen-bond donors (Lipinski definition) is 1. The van der Waals surface area contributed by atoms with Crippen molar-refractivity contribution in [3.05, 3.63) is 182 Å². The van der Waals surface area contributed by atoms with Crippen LogP contribution in [0.15, 0.2) is 140 Å². The summed E-state index contributed by atoms with van der Waals surface area (Å²) in [6.07, 6.45) is -3.14. The van der Waals surface area contributed by atoms with Crippen molar-refractivity contribution in [1.82, 2.24) is 0 Å². The van der Waals surface area contributed by atoms with Crippen LogP contribution >= 0.6 is 0 Å². The van der Waals surface area contributed by atoms with Gasteiger partial charge in [0.05, 0.1) is 55.6 Å². The molecule has 56 heavy (non-hydrogen) atoms. The maximum Gasteiger partial charge on any atom is 0.299 e. The number of nitro groups is 2. The van der Waals surface area contributed by atoms with Crippen molar-refractivity contribution in [1.29, 1.82) is 0 Å². The molecule has 1 heterocycles. The standard InChI is InChI=1S/C43H45N3O10/c47-45(48)36-22-23-37(38(26-36)46(49)50)44-24-13-25-52-43-42(55-30-35-20-11-4-12-21-35)41(54-29-34-18-9-3-10-19-34)40(53-28-33-16-7-2-8-17-33)39(56-43)31-51-27-32-14-5-1-6-15-32/h1-12,14-23,26,39-44H,13,24-25,27-31H2/t39-,40-,41+,42-,43+/m1/s1. The van der Waals surface area contributed by atoms with E-state index < -0.39 is 40.6 Å². The molecule has 0 saturated carbocycles. The molecule has 0 aromatic heterocycles. The minimum Gasteiger partial charge on any atom is -0.379 e. The number of benzene rings is 5. The average Bonchev–Trinajstić information content (AvgIpc) is 3.23. The third-order valence-corrected chi connectivity index (χ3v) is 9.15. The van der Waals surface area contributed by atoms with Crippen LogP contribution in [-0.4, -0.2) is 60.3 Å². The third-order valence-electron chi connectivity index (χ3n) is 9.15. The van der Waals surface area contributed by atoms with Crippen LogP contribution in [0, 0.1) is 20.2 Å². The predicted octanol–water partition coefficient (Wildman–Crippen LogP) is 8.02. The van der Waals surface area contributed by atoms with E-state index in [0.717, 1.165) is 28.3 Å². The van der Waals surface area contributed by atoms with Crippen LogP contribution in [0.25, 0.3) is 0 Å². The molecule has 5 aromatic carbocycles. The van der Waals surface area contributed by atoms with Crippen molar-refractivity contribution in [2.75, 3.05) is 25.1 Å². The highest BCUT2D eigenvalue weighted by atomic mass is 16.7. The molecule has 1 fully saturated rings. The van der Waals surface area contributed by atoms with E-state index in [1.54, 1.807) is 0 Å². The Morgan fingerprint density at radius 3 is 1.59 bits per heavy atom. The molecule has 0 radical (unpaired) electrons. The normalized spacial score (nSPS) is 19.3. The smallest absolute Gasteiger partial charge is 0.299 e. The first-order valence-electron chi connectivity index (χ1n) is 18.5. The number of rotatable bonds is 21. The summed E-state index contributed by atoms with van der Waals surface area (Å²) >= 11 is 0. The molecular formula is C43H45N3O10. The van der Waals surface area contributed by atoms with Crippen LogP contribution in [0.1, 0.15) is 28.7 Å². The number of ether oxygens (including phenoxy) is 6. The molecule has 13 nitrogen and oxygen atoms in total. The molecular weight excluding hydrogens is 718 g/mol. The van der Waals surface area contributed by atoms with E-state index in [1.807, 2.05) is 121 Å². The van der Waals surface area contributed by atoms with Gasteiger partial charge in [-0.3, -0.25) is 20.2 Å². The van der Waals surface area contributed by atoms with Crippen LogP contribution in [0.5, 0.6) is 0 Å². The van der Waals surface area contributed by atoms with Gasteiger partial charge in [0.2, 0.25) is 0 Å². The molecule has 1 saturated heterocycles. The SMILES string of the molecule is O=[N+]([O-])c1ccc(NCCCO[C@H]2O[C@H](COCc3ccccc3)[C@@H](OCc3ccccc3)[C@H](OCc3ccccc3)[C@H]2OCc2ccccc2)c([N+](=O)[O-])c1. The lowest BCUT2D eigenvalue weighted by Crippen LogP contribution is -2.61. The second-order valence-corrected chi connectivity index (χ2v) is 13.2. The number of nitro benzene ring substituents is 2. The second kappa shape index (κ2) is 20.9. The van der Waals surface area contributed by atoms with E-state index in [2.05, 4.69) is 5.32 Å². The fourth-order valence-electron chi connectivity index (χ4n) is 6.31. The Labute approximate surface area is 325 Å². The van der Waals surface area contributed by atoms with E-state index in [9.17, 15) is 20.2 Å². The predicted molar refractivity (Wildman–Crippen MR) is 209 cm³/mol. The first-order valence-corrected chi connectivity index (χ1v) is 18.5. The van der Waals surface area contributed by atoms with E-state index in [4.69, 9.17) is 28.4 Å². The largest absolute Gasteiger partial charge is 0.379 e. The summed E-state index contributed by atoms with van der Waals surface area (Å²) in [4.78, 5) is 21.5. The first-order chi connectivity index (χ1) is 27.4. The molecule has 0 amide bonds. The number of nitrogens with one attached hydrogen (secondary N) is 1. The van der Waals surface area contributed by atoms with E-state index in [-0.39, 0.29) is 50.0 Å². The summed E-state index contributed by atoms with van der Waals surface area (Å²) in [5.74, 6) is 0. The van der Waals surface area contributed by atoms with E-state index in [1.165, 1.54) is 12.1 Å². The lowest BCUT2D eigenvalue weighted by molar-refractivity contribution is -0.393. The topological polar surface area (TPSA) is 154 Å². The zero-order valence-corrected chi connectivity index (χ0v) is 30.8. The lowest BCUT2D eigenvalue weighted by atomic mass is 9.97. The maximum absolute atomic E-state index is 11.7. The molecule has 1 N–H and O–H groups in total. The molecule has 0 spiro atoms. The van der Waals surface area contributed by atoms with Crippen LogP contribution < -0.4 is 5.32 Å². The second-order valence-electron chi connectivity index (χ2n) is 13.2. The average molecular weight is 764 g/mol. The molecule has 292 valence electrons. The maximum atomic E-state index is 11.7. The minimum atomic E-state index is -0.907. The van der Waals surface area contributed by atoms with Crippen molar-refractivity contribution >= 4 is 17.1 Å². The van der Waals surface area contributed by atoms with Gasteiger partial charge in [0.15, 0.2) is 6.29 Å². The number of non-ortho nitro benzene ring substituents is 1. The Morgan fingerprint density at radius 1 is 0.571 bits per heavy atom. The summed E-state index contributed by atoms with van der Waals surface area (Å²) in [6, 6.07) is 42.9. The first kappa shape index (κ1) is 40.1. The Kier molecular flexibility index (Phi) is 15.0. The Bertz CT molecular complexity index is 1940.